The van der Waals surface area contributed by atoms with Crippen molar-refractivity contribution in [2.75, 3.05) is 24.5 Å². The lowest BCUT2D eigenvalue weighted by atomic mass is 9.91. The molecule has 2 aromatic heterocycles. The third-order valence-electron chi connectivity index (χ3n) is 8.11. The Hall–Kier alpha value is -3.32. The number of hydrogen-bond acceptors (Lipinski definition) is 5. The summed E-state index contributed by atoms with van der Waals surface area (Å²) in [6.07, 6.45) is 7.55. The molecule has 7 heteroatoms. The summed E-state index contributed by atoms with van der Waals surface area (Å²) in [6, 6.07) is 11.3. The molecule has 6 nitrogen and oxygen atoms in total. The lowest BCUT2D eigenvalue weighted by molar-refractivity contribution is 0.533. The van der Waals surface area contributed by atoms with Crippen molar-refractivity contribution in [2.45, 2.75) is 25.2 Å². The summed E-state index contributed by atoms with van der Waals surface area (Å²) >= 11 is 0. The maximum atomic E-state index is 14.6. The van der Waals surface area contributed by atoms with Crippen molar-refractivity contribution in [3.63, 3.8) is 0 Å². The van der Waals surface area contributed by atoms with E-state index in [2.05, 4.69) is 35.3 Å². The van der Waals surface area contributed by atoms with E-state index in [1.165, 1.54) is 16.5 Å². The number of piperidine rings is 1. The van der Waals surface area contributed by atoms with E-state index in [1.807, 2.05) is 36.3 Å². The van der Waals surface area contributed by atoms with E-state index in [0.29, 0.717) is 18.4 Å². The zero-order valence-corrected chi connectivity index (χ0v) is 19.6. The maximum absolute atomic E-state index is 14.6. The summed E-state index contributed by atoms with van der Waals surface area (Å²) in [5.74, 6) is 1.52. The molecule has 1 saturated carbocycles. The van der Waals surface area contributed by atoms with E-state index in [4.69, 9.17) is 15.7 Å². The molecule has 174 valence electrons. The lowest BCUT2D eigenvalue weighted by Gasteiger charge is -2.27. The van der Waals surface area contributed by atoms with Crippen LogP contribution in [0.15, 0.2) is 55.0 Å². The number of nitrogens with two attached hydrogens (primary N) is 1. The van der Waals surface area contributed by atoms with Gasteiger partial charge in [-0.25, -0.2) is 9.37 Å². The Morgan fingerprint density at radius 2 is 1.97 bits per heavy atom. The highest BCUT2D eigenvalue weighted by molar-refractivity contribution is 5.82. The average Bonchev–Trinajstić information content (AvgIpc) is 3.34. The van der Waals surface area contributed by atoms with E-state index in [0.717, 1.165) is 48.5 Å². The third-order valence-corrected chi connectivity index (χ3v) is 8.11. The molecular formula is C27H29FN6. The minimum Gasteiger partial charge on any atom is -0.355 e. The van der Waals surface area contributed by atoms with Gasteiger partial charge < -0.3 is 10.6 Å². The second-order valence-electron chi connectivity index (χ2n) is 9.80. The molecule has 34 heavy (non-hydrogen) atoms. The Morgan fingerprint density at radius 3 is 2.74 bits per heavy atom. The first-order valence-corrected chi connectivity index (χ1v) is 11.9. The highest BCUT2D eigenvalue weighted by Gasteiger charge is 2.66. The third kappa shape index (κ3) is 3.21. The number of hydrogen-bond donors (Lipinski definition) is 1. The zero-order chi connectivity index (χ0) is 23.4. The molecule has 4 aromatic rings. The standard InChI is InChI=1S/C27H29FN6/c1-17-18(7-8-25-20(17)14-33(2)32-25)11-19-12-31-26(13-30-19)34-10-9-21-23(15-34)27(21,16-29)22-5-3-4-6-24(22)28/h3-8,12-14,21,23H,9-11,15-16,29H2,1-2H3/t21?,23?,27-/m1/s1. The summed E-state index contributed by atoms with van der Waals surface area (Å²) in [6.45, 7) is 4.34. The van der Waals surface area contributed by atoms with E-state index in [-0.39, 0.29) is 11.2 Å². The largest absolute Gasteiger partial charge is 0.355 e. The van der Waals surface area contributed by atoms with Crippen LogP contribution in [0.3, 0.4) is 0 Å². The molecule has 1 aliphatic heterocycles. The van der Waals surface area contributed by atoms with Gasteiger partial charge in [-0.3, -0.25) is 9.67 Å². The Labute approximate surface area is 198 Å². The highest BCUT2D eigenvalue weighted by Crippen LogP contribution is 2.63. The minimum atomic E-state index is -0.254. The molecule has 2 N–H and O–H groups in total. The monoisotopic (exact) mass is 456 g/mol. The molecule has 2 aliphatic rings. The van der Waals surface area contributed by atoms with Crippen LogP contribution in [0.1, 0.15) is 28.8 Å². The van der Waals surface area contributed by atoms with Gasteiger partial charge in [0.25, 0.3) is 0 Å². The first-order valence-electron chi connectivity index (χ1n) is 11.9. The van der Waals surface area contributed by atoms with E-state index in [9.17, 15) is 4.39 Å². The molecule has 2 unspecified atom stereocenters. The summed E-state index contributed by atoms with van der Waals surface area (Å²) < 4.78 is 16.5. The van der Waals surface area contributed by atoms with Crippen molar-refractivity contribution >= 4 is 16.7 Å². The van der Waals surface area contributed by atoms with Gasteiger partial charge in [0, 0.05) is 50.1 Å². The normalized spacial score (nSPS) is 23.8. The van der Waals surface area contributed by atoms with Gasteiger partial charge in [0.05, 0.1) is 23.6 Å². The highest BCUT2D eigenvalue weighted by atomic mass is 19.1. The number of aryl methyl sites for hydroxylation is 2. The second kappa shape index (κ2) is 7.87. The fourth-order valence-electron chi connectivity index (χ4n) is 6.22. The van der Waals surface area contributed by atoms with E-state index in [1.54, 1.807) is 12.1 Å². The SMILES string of the molecule is Cc1c(Cc2cnc(N3CCC4C(C3)[C@@]4(CN)c3ccccc3F)cn2)ccc2nn(C)cc12. The number of benzene rings is 2. The number of nitrogens with zero attached hydrogens (tertiary/aromatic N) is 5. The maximum Gasteiger partial charge on any atom is 0.147 e. The van der Waals surface area contributed by atoms with Crippen LogP contribution in [-0.2, 0) is 18.9 Å². The van der Waals surface area contributed by atoms with Crippen LogP contribution in [0.2, 0.25) is 0 Å². The molecule has 1 aliphatic carbocycles. The first kappa shape index (κ1) is 21.2. The van der Waals surface area contributed by atoms with Crippen LogP contribution in [0.25, 0.3) is 10.9 Å². The fourth-order valence-corrected chi connectivity index (χ4v) is 6.22. The molecule has 0 radical (unpaired) electrons. The Bertz CT molecular complexity index is 1360. The van der Waals surface area contributed by atoms with Crippen molar-refractivity contribution in [1.29, 1.82) is 0 Å². The summed E-state index contributed by atoms with van der Waals surface area (Å²) in [7, 11) is 1.95. The van der Waals surface area contributed by atoms with Crippen LogP contribution >= 0.6 is 0 Å². The first-order chi connectivity index (χ1) is 16.5. The number of anilines is 1. The molecule has 3 heterocycles. The topological polar surface area (TPSA) is 72.9 Å². The van der Waals surface area contributed by atoms with Crippen LogP contribution in [-0.4, -0.2) is 39.4 Å². The summed E-state index contributed by atoms with van der Waals surface area (Å²) in [5.41, 5.74) is 11.2. The van der Waals surface area contributed by atoms with Gasteiger partial charge in [-0.15, -0.1) is 0 Å². The van der Waals surface area contributed by atoms with Crippen molar-refractivity contribution < 1.29 is 4.39 Å². The van der Waals surface area contributed by atoms with Gasteiger partial charge in [0.1, 0.15) is 11.6 Å². The van der Waals surface area contributed by atoms with Crippen molar-refractivity contribution in [2.24, 2.45) is 24.6 Å². The van der Waals surface area contributed by atoms with Gasteiger partial charge in [0.15, 0.2) is 0 Å². The molecule has 2 aromatic carbocycles. The molecule has 0 amide bonds. The van der Waals surface area contributed by atoms with Crippen molar-refractivity contribution in [3.05, 3.63) is 83.2 Å². The number of halogens is 1. The number of rotatable bonds is 5. The predicted octanol–water partition coefficient (Wildman–Crippen LogP) is 3.75. The second-order valence-corrected chi connectivity index (χ2v) is 9.80. The Morgan fingerprint density at radius 1 is 1.12 bits per heavy atom. The molecule has 0 spiro atoms. The average molecular weight is 457 g/mol. The van der Waals surface area contributed by atoms with Crippen molar-refractivity contribution in [1.82, 2.24) is 19.7 Å². The van der Waals surface area contributed by atoms with Crippen LogP contribution in [0, 0.1) is 24.6 Å². The zero-order valence-electron chi connectivity index (χ0n) is 19.6. The smallest absolute Gasteiger partial charge is 0.147 e. The molecule has 1 saturated heterocycles. The Balaban J connectivity index is 1.19. The van der Waals surface area contributed by atoms with Gasteiger partial charge in [-0.1, -0.05) is 24.3 Å². The van der Waals surface area contributed by atoms with E-state index < -0.39 is 0 Å². The molecule has 3 atom stereocenters. The van der Waals surface area contributed by atoms with Gasteiger partial charge in [-0.05, 0) is 54.0 Å². The molecule has 6 rings (SSSR count). The minimum absolute atomic E-state index is 0.141. The lowest BCUT2D eigenvalue weighted by Crippen LogP contribution is -2.32. The van der Waals surface area contributed by atoms with E-state index >= 15 is 0 Å². The van der Waals surface area contributed by atoms with Crippen molar-refractivity contribution in [3.8, 4) is 0 Å². The number of fused-ring (bicyclic) bond motifs is 2. The predicted molar refractivity (Wildman–Crippen MR) is 131 cm³/mol. The van der Waals surface area contributed by atoms with Crippen LogP contribution < -0.4 is 10.6 Å². The molecular weight excluding hydrogens is 427 g/mol. The van der Waals surface area contributed by atoms with Crippen LogP contribution in [0.5, 0.6) is 0 Å². The fraction of sp³-hybridized carbons (Fsp3) is 0.370. The summed E-state index contributed by atoms with van der Waals surface area (Å²) in [5, 5.41) is 5.67. The van der Waals surface area contributed by atoms with Gasteiger partial charge in [0.2, 0.25) is 0 Å². The summed E-state index contributed by atoms with van der Waals surface area (Å²) in [4.78, 5) is 11.8. The van der Waals surface area contributed by atoms with Gasteiger partial charge >= 0.3 is 0 Å². The van der Waals surface area contributed by atoms with Gasteiger partial charge in [-0.2, -0.15) is 5.10 Å². The Kier molecular flexibility index (Phi) is 4.92. The molecule has 0 bridgehead atoms. The van der Waals surface area contributed by atoms with Crippen LogP contribution in [0.4, 0.5) is 10.2 Å². The quantitative estimate of drug-likeness (QED) is 0.495. The molecule has 2 fully saturated rings. The number of aromatic nitrogens is 4.